The van der Waals surface area contributed by atoms with Crippen LogP contribution >= 0.6 is 0 Å². The second kappa shape index (κ2) is 6.86. The molecule has 0 saturated carbocycles. The predicted octanol–water partition coefficient (Wildman–Crippen LogP) is -0.208. The van der Waals surface area contributed by atoms with Gasteiger partial charge in [-0.15, -0.1) is 0 Å². The summed E-state index contributed by atoms with van der Waals surface area (Å²) in [6, 6.07) is -0.403. The maximum absolute atomic E-state index is 11.2. The molecule has 1 unspecified atom stereocenters. The summed E-state index contributed by atoms with van der Waals surface area (Å²) in [7, 11) is 0. The lowest BCUT2D eigenvalue weighted by molar-refractivity contribution is -0.122. The smallest absolute Gasteiger partial charge is 0.238 e. The maximum Gasteiger partial charge on any atom is 0.238 e. The van der Waals surface area contributed by atoms with Crippen molar-refractivity contribution in [2.45, 2.75) is 26.8 Å². The van der Waals surface area contributed by atoms with Crippen molar-refractivity contribution in [2.24, 2.45) is 5.73 Å². The summed E-state index contributed by atoms with van der Waals surface area (Å²) in [6.07, 6.45) is 0. The zero-order valence-electron chi connectivity index (χ0n) is 8.84. The van der Waals surface area contributed by atoms with Crippen LogP contribution in [0.15, 0.2) is 0 Å². The first-order valence-corrected chi connectivity index (χ1v) is 4.91. The number of amides is 1. The monoisotopic (exact) mass is 187 g/mol. The quantitative estimate of drug-likeness (QED) is 0.605. The first-order valence-electron chi connectivity index (χ1n) is 4.91. The molecule has 0 bridgehead atoms. The van der Waals surface area contributed by atoms with Crippen LogP contribution in [-0.2, 0) is 4.79 Å². The number of nitrogens with two attached hydrogens (primary N) is 1. The molecule has 1 amide bonds. The molecule has 0 aliphatic carbocycles. The Hall–Kier alpha value is -0.610. The van der Waals surface area contributed by atoms with E-state index in [1.54, 1.807) is 0 Å². The normalized spacial score (nSPS) is 13.0. The van der Waals surface area contributed by atoms with E-state index in [1.165, 1.54) is 0 Å². The zero-order chi connectivity index (χ0) is 10.3. The molecular weight excluding hydrogens is 166 g/mol. The van der Waals surface area contributed by atoms with Gasteiger partial charge in [0.1, 0.15) is 0 Å². The number of carbonyl (C=O) groups is 1. The lowest BCUT2D eigenvalue weighted by Gasteiger charge is -2.21. The number of rotatable bonds is 6. The highest BCUT2D eigenvalue weighted by atomic mass is 16.2. The molecule has 0 aliphatic rings. The van der Waals surface area contributed by atoms with Gasteiger partial charge in [0, 0.05) is 13.1 Å². The summed E-state index contributed by atoms with van der Waals surface area (Å²) in [5, 5.41) is 2.71. The minimum absolute atomic E-state index is 0.0607. The number of carbonyl (C=O) groups excluding carboxylic acids is 1. The van der Waals surface area contributed by atoms with Crippen LogP contribution in [0.2, 0.25) is 0 Å². The number of nitrogens with zero attached hydrogens (tertiary/aromatic N) is 1. The van der Waals surface area contributed by atoms with E-state index in [-0.39, 0.29) is 5.91 Å². The van der Waals surface area contributed by atoms with E-state index < -0.39 is 6.04 Å². The molecular formula is C9H21N3O. The first kappa shape index (κ1) is 12.4. The summed E-state index contributed by atoms with van der Waals surface area (Å²) in [6.45, 7) is 9.17. The molecule has 0 aliphatic heterocycles. The summed E-state index contributed by atoms with van der Waals surface area (Å²) < 4.78 is 0. The number of hydrogen-bond acceptors (Lipinski definition) is 3. The highest BCUT2D eigenvalue weighted by Crippen LogP contribution is 1.89. The van der Waals surface area contributed by atoms with Crippen molar-refractivity contribution >= 4 is 5.91 Å². The molecule has 1 atom stereocenters. The van der Waals surface area contributed by atoms with Gasteiger partial charge in [-0.05, 0) is 20.0 Å². The van der Waals surface area contributed by atoms with E-state index in [4.69, 9.17) is 5.73 Å². The van der Waals surface area contributed by atoms with E-state index in [1.807, 2.05) is 6.92 Å². The summed E-state index contributed by atoms with van der Waals surface area (Å²) >= 11 is 0. The van der Waals surface area contributed by atoms with Gasteiger partial charge in [-0.3, -0.25) is 4.79 Å². The third-order valence-electron chi connectivity index (χ3n) is 2.04. The molecule has 78 valence electrons. The van der Waals surface area contributed by atoms with Gasteiger partial charge in [0.2, 0.25) is 5.91 Å². The Balaban J connectivity index is 3.82. The molecule has 0 heterocycles. The minimum atomic E-state index is -0.403. The fourth-order valence-corrected chi connectivity index (χ4v) is 1.15. The molecule has 0 spiro atoms. The lowest BCUT2D eigenvalue weighted by Crippen LogP contribution is -2.47. The molecule has 4 nitrogen and oxygen atoms in total. The zero-order valence-corrected chi connectivity index (χ0v) is 8.84. The SMILES string of the molecule is CCNC(=O)C(N)CN(CC)CC. The van der Waals surface area contributed by atoms with Crippen molar-refractivity contribution in [1.29, 1.82) is 0 Å². The average molecular weight is 187 g/mol. The van der Waals surface area contributed by atoms with Gasteiger partial charge >= 0.3 is 0 Å². The van der Waals surface area contributed by atoms with Gasteiger partial charge in [-0.2, -0.15) is 0 Å². The molecule has 0 aromatic carbocycles. The molecule has 0 radical (unpaired) electrons. The Morgan fingerprint density at radius 2 is 1.92 bits per heavy atom. The largest absolute Gasteiger partial charge is 0.355 e. The van der Waals surface area contributed by atoms with Gasteiger partial charge in [-0.1, -0.05) is 13.8 Å². The highest BCUT2D eigenvalue weighted by molar-refractivity contribution is 5.81. The van der Waals surface area contributed by atoms with Crippen molar-refractivity contribution in [1.82, 2.24) is 10.2 Å². The lowest BCUT2D eigenvalue weighted by atomic mass is 10.2. The van der Waals surface area contributed by atoms with E-state index in [9.17, 15) is 4.79 Å². The van der Waals surface area contributed by atoms with Crippen LogP contribution in [0.25, 0.3) is 0 Å². The van der Waals surface area contributed by atoms with Gasteiger partial charge < -0.3 is 16.0 Å². The molecule has 0 fully saturated rings. The van der Waals surface area contributed by atoms with E-state index in [0.29, 0.717) is 13.1 Å². The van der Waals surface area contributed by atoms with Crippen LogP contribution in [0.4, 0.5) is 0 Å². The Morgan fingerprint density at radius 3 is 2.31 bits per heavy atom. The third kappa shape index (κ3) is 4.85. The topological polar surface area (TPSA) is 58.4 Å². The van der Waals surface area contributed by atoms with Crippen LogP contribution in [0.5, 0.6) is 0 Å². The molecule has 13 heavy (non-hydrogen) atoms. The van der Waals surface area contributed by atoms with Crippen molar-refractivity contribution in [3.05, 3.63) is 0 Å². The molecule has 0 aromatic rings. The number of hydrogen-bond donors (Lipinski definition) is 2. The van der Waals surface area contributed by atoms with Crippen molar-refractivity contribution in [2.75, 3.05) is 26.2 Å². The van der Waals surface area contributed by atoms with Gasteiger partial charge in [0.15, 0.2) is 0 Å². The Labute approximate surface area is 80.5 Å². The first-order chi connectivity index (χ1) is 6.15. The molecule has 3 N–H and O–H groups in total. The summed E-state index contributed by atoms with van der Waals surface area (Å²) in [4.78, 5) is 13.4. The standard InChI is InChI=1S/C9H21N3O/c1-4-11-9(13)8(10)7-12(5-2)6-3/h8H,4-7,10H2,1-3H3,(H,11,13). The second-order valence-corrected chi connectivity index (χ2v) is 2.99. The van der Waals surface area contributed by atoms with Gasteiger partial charge in [-0.25, -0.2) is 0 Å². The maximum atomic E-state index is 11.2. The van der Waals surface area contributed by atoms with E-state index >= 15 is 0 Å². The number of nitrogens with one attached hydrogen (secondary N) is 1. The summed E-state index contributed by atoms with van der Waals surface area (Å²) in [5.41, 5.74) is 5.70. The molecule has 0 saturated heterocycles. The second-order valence-electron chi connectivity index (χ2n) is 2.99. The third-order valence-corrected chi connectivity index (χ3v) is 2.04. The predicted molar refractivity (Wildman–Crippen MR) is 54.4 cm³/mol. The average Bonchev–Trinajstić information content (AvgIpc) is 2.14. The Kier molecular flexibility index (Phi) is 6.54. The van der Waals surface area contributed by atoms with E-state index in [2.05, 4.69) is 24.1 Å². The minimum Gasteiger partial charge on any atom is -0.355 e. The van der Waals surface area contributed by atoms with Gasteiger partial charge in [0.25, 0.3) is 0 Å². The van der Waals surface area contributed by atoms with Crippen LogP contribution < -0.4 is 11.1 Å². The van der Waals surface area contributed by atoms with Gasteiger partial charge in [0.05, 0.1) is 6.04 Å². The fourth-order valence-electron chi connectivity index (χ4n) is 1.15. The van der Waals surface area contributed by atoms with E-state index in [0.717, 1.165) is 13.1 Å². The van der Waals surface area contributed by atoms with Crippen molar-refractivity contribution in [3.8, 4) is 0 Å². The van der Waals surface area contributed by atoms with Crippen molar-refractivity contribution in [3.63, 3.8) is 0 Å². The van der Waals surface area contributed by atoms with Crippen LogP contribution in [0, 0.1) is 0 Å². The Bertz CT molecular complexity index is 146. The Morgan fingerprint density at radius 1 is 1.38 bits per heavy atom. The highest BCUT2D eigenvalue weighted by Gasteiger charge is 2.14. The molecule has 0 aromatic heterocycles. The fraction of sp³-hybridized carbons (Fsp3) is 0.889. The number of likely N-dealkylation sites (N-methyl/N-ethyl adjacent to an activating group) is 2. The van der Waals surface area contributed by atoms with Crippen molar-refractivity contribution < 1.29 is 4.79 Å². The van der Waals surface area contributed by atoms with Crippen LogP contribution in [0.3, 0.4) is 0 Å². The van der Waals surface area contributed by atoms with Crippen LogP contribution in [0.1, 0.15) is 20.8 Å². The molecule has 4 heteroatoms. The van der Waals surface area contributed by atoms with Crippen LogP contribution in [-0.4, -0.2) is 43.0 Å². The summed E-state index contributed by atoms with van der Waals surface area (Å²) in [5.74, 6) is -0.0607. The molecule has 0 rings (SSSR count).